The Balaban J connectivity index is 1.72. The van der Waals surface area contributed by atoms with Crippen molar-refractivity contribution in [3.63, 3.8) is 0 Å². The minimum absolute atomic E-state index is 1.10. The standard InChI is InChI=1S/C21H19NS/c1-2-9-17(10-3-1)23-21-13-7-5-11-18(21)20-15-14-16-8-4-6-12-19(16)22-20/h1-3,5,7,9-11,13-15H,4,6,8,12H2. The normalized spacial score (nSPS) is 13.6. The molecule has 1 nitrogen and oxygen atoms in total. The second-order valence-electron chi connectivity index (χ2n) is 5.92. The van der Waals surface area contributed by atoms with E-state index < -0.39 is 0 Å². The van der Waals surface area contributed by atoms with Crippen LogP contribution in [0.1, 0.15) is 24.1 Å². The Morgan fingerprint density at radius 2 is 1.52 bits per heavy atom. The molecule has 0 amide bonds. The Bertz CT molecular complexity index is 811. The molecule has 0 bridgehead atoms. The molecule has 4 rings (SSSR count). The lowest BCUT2D eigenvalue weighted by Crippen LogP contribution is -2.05. The zero-order valence-electron chi connectivity index (χ0n) is 13.0. The number of aryl methyl sites for hydroxylation is 2. The second-order valence-corrected chi connectivity index (χ2v) is 7.04. The molecule has 114 valence electrons. The third kappa shape index (κ3) is 3.18. The van der Waals surface area contributed by atoms with Crippen LogP contribution in [-0.4, -0.2) is 4.98 Å². The third-order valence-corrected chi connectivity index (χ3v) is 5.40. The van der Waals surface area contributed by atoms with Gasteiger partial charge >= 0.3 is 0 Å². The van der Waals surface area contributed by atoms with Crippen molar-refractivity contribution in [1.82, 2.24) is 4.98 Å². The summed E-state index contributed by atoms with van der Waals surface area (Å²) in [5.74, 6) is 0. The quantitative estimate of drug-likeness (QED) is 0.607. The molecular formula is C21H19NS. The van der Waals surface area contributed by atoms with Gasteiger partial charge in [0.15, 0.2) is 0 Å². The van der Waals surface area contributed by atoms with E-state index in [4.69, 9.17) is 4.98 Å². The van der Waals surface area contributed by atoms with Crippen LogP contribution in [0.15, 0.2) is 76.5 Å². The van der Waals surface area contributed by atoms with Gasteiger partial charge in [-0.05, 0) is 55.5 Å². The Labute approximate surface area is 141 Å². The molecule has 0 aliphatic heterocycles. The maximum atomic E-state index is 4.97. The van der Waals surface area contributed by atoms with E-state index in [1.807, 2.05) is 0 Å². The van der Waals surface area contributed by atoms with Crippen LogP contribution in [0.5, 0.6) is 0 Å². The van der Waals surface area contributed by atoms with Crippen LogP contribution in [0.2, 0.25) is 0 Å². The van der Waals surface area contributed by atoms with E-state index in [-0.39, 0.29) is 0 Å². The molecule has 0 fully saturated rings. The molecule has 23 heavy (non-hydrogen) atoms. The zero-order chi connectivity index (χ0) is 15.5. The predicted molar refractivity (Wildman–Crippen MR) is 96.9 cm³/mol. The molecule has 0 N–H and O–H groups in total. The SMILES string of the molecule is c1ccc(Sc2ccccc2-c2ccc3c(n2)CCCC3)cc1. The average Bonchev–Trinajstić information content (AvgIpc) is 2.63. The highest BCUT2D eigenvalue weighted by molar-refractivity contribution is 7.99. The molecule has 1 aliphatic rings. The number of fused-ring (bicyclic) bond motifs is 1. The van der Waals surface area contributed by atoms with Gasteiger partial charge in [-0.1, -0.05) is 54.2 Å². The molecule has 0 spiro atoms. The van der Waals surface area contributed by atoms with E-state index in [1.165, 1.54) is 45.9 Å². The summed E-state index contributed by atoms with van der Waals surface area (Å²) < 4.78 is 0. The second kappa shape index (κ2) is 6.59. The Kier molecular flexibility index (Phi) is 4.16. The Morgan fingerprint density at radius 3 is 2.43 bits per heavy atom. The summed E-state index contributed by atoms with van der Waals surface area (Å²) >= 11 is 1.81. The summed E-state index contributed by atoms with van der Waals surface area (Å²) in [6, 6.07) is 23.6. The number of hydrogen-bond acceptors (Lipinski definition) is 2. The van der Waals surface area contributed by atoms with Crippen LogP contribution in [0, 0.1) is 0 Å². The van der Waals surface area contributed by atoms with Gasteiger partial charge in [-0.15, -0.1) is 0 Å². The fourth-order valence-electron chi connectivity index (χ4n) is 3.11. The minimum Gasteiger partial charge on any atom is -0.253 e. The smallest absolute Gasteiger partial charge is 0.0716 e. The van der Waals surface area contributed by atoms with E-state index >= 15 is 0 Å². The molecule has 2 aromatic carbocycles. The van der Waals surface area contributed by atoms with Gasteiger partial charge in [-0.2, -0.15) is 0 Å². The molecule has 0 saturated heterocycles. The van der Waals surface area contributed by atoms with Gasteiger partial charge in [0.2, 0.25) is 0 Å². The summed E-state index contributed by atoms with van der Waals surface area (Å²) in [7, 11) is 0. The number of pyridine rings is 1. The van der Waals surface area contributed by atoms with Gasteiger partial charge in [0.05, 0.1) is 5.69 Å². The van der Waals surface area contributed by atoms with Crippen molar-refractivity contribution in [1.29, 1.82) is 0 Å². The summed E-state index contributed by atoms with van der Waals surface area (Å²) in [4.78, 5) is 7.50. The molecule has 2 heteroatoms. The number of rotatable bonds is 3. The molecule has 1 heterocycles. The van der Waals surface area contributed by atoms with Gasteiger partial charge in [-0.3, -0.25) is 4.98 Å². The number of hydrogen-bond donors (Lipinski definition) is 0. The lowest BCUT2D eigenvalue weighted by Gasteiger charge is -2.16. The van der Waals surface area contributed by atoms with Crippen LogP contribution in [0.4, 0.5) is 0 Å². The van der Waals surface area contributed by atoms with Crippen LogP contribution in [0.3, 0.4) is 0 Å². The maximum Gasteiger partial charge on any atom is 0.0716 e. The number of aromatic nitrogens is 1. The van der Waals surface area contributed by atoms with Crippen LogP contribution >= 0.6 is 11.8 Å². The van der Waals surface area contributed by atoms with E-state index in [1.54, 1.807) is 11.8 Å². The average molecular weight is 317 g/mol. The number of benzene rings is 2. The van der Waals surface area contributed by atoms with E-state index in [2.05, 4.69) is 66.7 Å². The van der Waals surface area contributed by atoms with Crippen molar-refractivity contribution in [2.75, 3.05) is 0 Å². The highest BCUT2D eigenvalue weighted by Crippen LogP contribution is 2.35. The van der Waals surface area contributed by atoms with Crippen molar-refractivity contribution >= 4 is 11.8 Å². The summed E-state index contributed by atoms with van der Waals surface area (Å²) in [5.41, 5.74) is 5.07. The predicted octanol–water partition coefficient (Wildman–Crippen LogP) is 5.78. The van der Waals surface area contributed by atoms with Crippen molar-refractivity contribution in [2.45, 2.75) is 35.5 Å². The Hall–Kier alpha value is -2.06. The molecule has 1 aliphatic carbocycles. The summed E-state index contributed by atoms with van der Waals surface area (Å²) in [6.07, 6.45) is 4.87. The summed E-state index contributed by atoms with van der Waals surface area (Å²) in [5, 5.41) is 0. The minimum atomic E-state index is 1.10. The number of nitrogens with zero attached hydrogens (tertiary/aromatic N) is 1. The van der Waals surface area contributed by atoms with E-state index in [0.29, 0.717) is 0 Å². The fraction of sp³-hybridized carbons (Fsp3) is 0.190. The molecule has 3 aromatic rings. The lowest BCUT2D eigenvalue weighted by atomic mass is 9.95. The van der Waals surface area contributed by atoms with Gasteiger partial charge in [0, 0.05) is 21.0 Å². The first-order chi connectivity index (χ1) is 11.4. The van der Waals surface area contributed by atoms with Gasteiger partial charge in [0.1, 0.15) is 0 Å². The van der Waals surface area contributed by atoms with Crippen molar-refractivity contribution in [3.8, 4) is 11.3 Å². The monoisotopic (exact) mass is 317 g/mol. The topological polar surface area (TPSA) is 12.9 Å². The fourth-order valence-corrected chi connectivity index (χ4v) is 4.09. The Morgan fingerprint density at radius 1 is 0.739 bits per heavy atom. The van der Waals surface area contributed by atoms with Crippen molar-refractivity contribution < 1.29 is 0 Å². The van der Waals surface area contributed by atoms with Gasteiger partial charge < -0.3 is 0 Å². The van der Waals surface area contributed by atoms with Crippen LogP contribution in [-0.2, 0) is 12.8 Å². The first-order valence-corrected chi connectivity index (χ1v) is 9.03. The molecule has 1 aromatic heterocycles. The van der Waals surface area contributed by atoms with Gasteiger partial charge in [0.25, 0.3) is 0 Å². The maximum absolute atomic E-state index is 4.97. The highest BCUT2D eigenvalue weighted by Gasteiger charge is 2.13. The van der Waals surface area contributed by atoms with Crippen LogP contribution < -0.4 is 0 Å². The molecule has 0 unspecified atom stereocenters. The van der Waals surface area contributed by atoms with Crippen molar-refractivity contribution in [3.05, 3.63) is 78.0 Å². The third-order valence-electron chi connectivity index (χ3n) is 4.31. The lowest BCUT2D eigenvalue weighted by molar-refractivity contribution is 0.668. The summed E-state index contributed by atoms with van der Waals surface area (Å²) in [6.45, 7) is 0. The molecular weight excluding hydrogens is 298 g/mol. The highest BCUT2D eigenvalue weighted by atomic mass is 32.2. The van der Waals surface area contributed by atoms with Crippen LogP contribution in [0.25, 0.3) is 11.3 Å². The first kappa shape index (κ1) is 14.5. The zero-order valence-corrected chi connectivity index (χ0v) is 13.9. The molecule has 0 radical (unpaired) electrons. The van der Waals surface area contributed by atoms with E-state index in [0.717, 1.165) is 12.1 Å². The van der Waals surface area contributed by atoms with Gasteiger partial charge in [-0.25, -0.2) is 0 Å². The van der Waals surface area contributed by atoms with Crippen molar-refractivity contribution in [2.24, 2.45) is 0 Å². The molecule has 0 atom stereocenters. The molecule has 0 saturated carbocycles. The van der Waals surface area contributed by atoms with E-state index in [9.17, 15) is 0 Å². The first-order valence-electron chi connectivity index (χ1n) is 8.21. The largest absolute Gasteiger partial charge is 0.253 e.